The highest BCUT2D eigenvalue weighted by molar-refractivity contribution is 5.73. The van der Waals surface area contributed by atoms with Gasteiger partial charge in [0.25, 0.3) is 0 Å². The van der Waals surface area contributed by atoms with Gasteiger partial charge in [0.2, 0.25) is 0 Å². The maximum Gasteiger partial charge on any atom is 0.320 e. The van der Waals surface area contributed by atoms with Gasteiger partial charge in [-0.1, -0.05) is 12.1 Å². The van der Waals surface area contributed by atoms with Crippen molar-refractivity contribution in [2.75, 3.05) is 91.7 Å². The summed E-state index contributed by atoms with van der Waals surface area (Å²) in [6.07, 6.45) is 1.40. The molecule has 2 rings (SSSR count). The molecule has 1 heterocycles. The molecule has 57 heavy (non-hydrogen) atoms. The summed E-state index contributed by atoms with van der Waals surface area (Å²) in [6.45, 7) is 27.0. The van der Waals surface area contributed by atoms with Crippen LogP contribution in [-0.2, 0) is 44.5 Å². The zero-order chi connectivity index (χ0) is 43.0. The summed E-state index contributed by atoms with van der Waals surface area (Å²) < 4.78 is 28.8. The molecule has 0 aliphatic carbocycles. The molecule has 0 unspecified atom stereocenters. The molecule has 0 amide bonds. The van der Waals surface area contributed by atoms with Gasteiger partial charge in [0.05, 0.1) is 32.8 Å². The maximum atomic E-state index is 13.4. The summed E-state index contributed by atoms with van der Waals surface area (Å²) in [5, 5.41) is 0. The first-order chi connectivity index (χ1) is 26.3. The summed E-state index contributed by atoms with van der Waals surface area (Å²) in [6, 6.07) is 7.98. The maximum absolute atomic E-state index is 13.4. The number of hydrogen-bond donors (Lipinski definition) is 1. The molecule has 0 saturated carbocycles. The molecular weight excluding hydrogens is 730 g/mol. The van der Waals surface area contributed by atoms with Gasteiger partial charge >= 0.3 is 23.9 Å². The van der Waals surface area contributed by atoms with E-state index in [4.69, 9.17) is 29.4 Å². The largest absolute Gasteiger partial charge is 0.494 e. The van der Waals surface area contributed by atoms with Crippen molar-refractivity contribution in [1.29, 1.82) is 0 Å². The highest BCUT2D eigenvalue weighted by atomic mass is 16.6. The number of benzene rings is 1. The molecule has 0 bridgehead atoms. The van der Waals surface area contributed by atoms with E-state index in [2.05, 4.69) is 9.80 Å². The van der Waals surface area contributed by atoms with Gasteiger partial charge in [0.1, 0.15) is 28.2 Å². The standard InChI is InChI=1S/C43H75N5O9/c1-40(2,3)54-36(49)29-45-19-20-46(30-37(50)55-41(4,5)6)22-24-48(32-39(52)57-43(10,11)12)28-34(26-33-14-16-35(17-15-33)53-25-13-18-44)27-47(23-21-45)31-38(51)56-42(7,8)9/h14-17,34H,13,18-32,44H2,1-12H3. The number of esters is 4. The first kappa shape index (κ1) is 49.8. The Balaban J connectivity index is 2.59. The third-order valence-electron chi connectivity index (χ3n) is 8.39. The number of nitrogens with zero attached hydrogens (tertiary/aromatic N) is 4. The van der Waals surface area contributed by atoms with Gasteiger partial charge in [-0.05, 0) is 126 Å². The Morgan fingerprint density at radius 3 is 1.18 bits per heavy atom. The Morgan fingerprint density at radius 1 is 0.544 bits per heavy atom. The van der Waals surface area contributed by atoms with Crippen molar-refractivity contribution in [2.24, 2.45) is 11.7 Å². The molecule has 14 nitrogen and oxygen atoms in total. The van der Waals surface area contributed by atoms with Crippen LogP contribution in [0.2, 0.25) is 0 Å². The van der Waals surface area contributed by atoms with Crippen LogP contribution in [0.3, 0.4) is 0 Å². The first-order valence-electron chi connectivity index (χ1n) is 20.5. The van der Waals surface area contributed by atoms with Gasteiger partial charge in [-0.25, -0.2) is 0 Å². The van der Waals surface area contributed by atoms with Crippen molar-refractivity contribution >= 4 is 23.9 Å². The van der Waals surface area contributed by atoms with Crippen LogP contribution in [0.25, 0.3) is 0 Å². The van der Waals surface area contributed by atoms with Crippen molar-refractivity contribution in [3.63, 3.8) is 0 Å². The van der Waals surface area contributed by atoms with Crippen molar-refractivity contribution in [2.45, 2.75) is 118 Å². The van der Waals surface area contributed by atoms with E-state index in [-0.39, 0.29) is 56.0 Å². The van der Waals surface area contributed by atoms with Crippen LogP contribution >= 0.6 is 0 Å². The fourth-order valence-corrected chi connectivity index (χ4v) is 6.33. The summed E-state index contributed by atoms with van der Waals surface area (Å²) in [5.74, 6) is -0.717. The second kappa shape index (κ2) is 22.7. The van der Waals surface area contributed by atoms with Gasteiger partial charge in [-0.3, -0.25) is 38.8 Å². The number of carbonyl (C=O) groups is 4. The molecule has 0 spiro atoms. The van der Waals surface area contributed by atoms with E-state index >= 15 is 0 Å². The summed E-state index contributed by atoms with van der Waals surface area (Å²) in [5.41, 5.74) is 4.06. The van der Waals surface area contributed by atoms with E-state index in [1.807, 2.05) is 117 Å². The molecule has 14 heteroatoms. The molecule has 0 atom stereocenters. The van der Waals surface area contributed by atoms with Crippen LogP contribution in [0.1, 0.15) is 95.1 Å². The second-order valence-electron chi connectivity index (χ2n) is 19.1. The van der Waals surface area contributed by atoms with Crippen LogP contribution < -0.4 is 10.5 Å². The van der Waals surface area contributed by atoms with Crippen molar-refractivity contribution in [1.82, 2.24) is 19.6 Å². The van der Waals surface area contributed by atoms with Gasteiger partial charge in [0, 0.05) is 52.4 Å². The Morgan fingerprint density at radius 2 is 0.860 bits per heavy atom. The molecule has 1 aliphatic heterocycles. The normalized spacial score (nSPS) is 17.1. The monoisotopic (exact) mass is 806 g/mol. The number of hydrogen-bond acceptors (Lipinski definition) is 14. The predicted octanol–water partition coefficient (Wildman–Crippen LogP) is 4.16. The van der Waals surface area contributed by atoms with Gasteiger partial charge < -0.3 is 29.4 Å². The Bertz CT molecular complexity index is 1320. The van der Waals surface area contributed by atoms with Gasteiger partial charge in [-0.2, -0.15) is 0 Å². The van der Waals surface area contributed by atoms with E-state index in [0.29, 0.717) is 71.9 Å². The lowest BCUT2D eigenvalue weighted by Crippen LogP contribution is -2.46. The Kier molecular flexibility index (Phi) is 19.9. The zero-order valence-electron chi connectivity index (χ0n) is 37.2. The lowest BCUT2D eigenvalue weighted by Gasteiger charge is -2.33. The average Bonchev–Trinajstić information content (AvgIpc) is 3.02. The minimum atomic E-state index is -0.667. The smallest absolute Gasteiger partial charge is 0.320 e. The average molecular weight is 806 g/mol. The fourth-order valence-electron chi connectivity index (χ4n) is 6.33. The molecule has 1 aromatic carbocycles. The molecule has 0 radical (unpaired) electrons. The molecule has 1 fully saturated rings. The zero-order valence-corrected chi connectivity index (χ0v) is 37.2. The van der Waals surface area contributed by atoms with Gasteiger partial charge in [0.15, 0.2) is 0 Å². The topological polar surface area (TPSA) is 153 Å². The van der Waals surface area contributed by atoms with Crippen molar-refractivity contribution < 1.29 is 42.9 Å². The van der Waals surface area contributed by atoms with Crippen molar-refractivity contribution in [3.8, 4) is 5.75 Å². The lowest BCUT2D eigenvalue weighted by molar-refractivity contribution is -0.158. The van der Waals surface area contributed by atoms with Crippen LogP contribution in [-0.4, -0.2) is 158 Å². The summed E-state index contributed by atoms with van der Waals surface area (Å²) in [4.78, 5) is 61.3. The Labute approximate surface area is 343 Å². The lowest BCUT2D eigenvalue weighted by atomic mass is 9.97. The van der Waals surface area contributed by atoms with Crippen LogP contribution in [0.15, 0.2) is 24.3 Å². The molecule has 326 valence electrons. The molecule has 1 aromatic rings. The molecule has 2 N–H and O–H groups in total. The number of ether oxygens (including phenoxy) is 5. The van der Waals surface area contributed by atoms with E-state index in [1.54, 1.807) is 0 Å². The third kappa shape index (κ3) is 24.3. The van der Waals surface area contributed by atoms with Crippen LogP contribution in [0.4, 0.5) is 0 Å². The van der Waals surface area contributed by atoms with Crippen molar-refractivity contribution in [3.05, 3.63) is 29.8 Å². The van der Waals surface area contributed by atoms with E-state index in [9.17, 15) is 19.2 Å². The van der Waals surface area contributed by atoms with E-state index in [1.165, 1.54) is 0 Å². The highest BCUT2D eigenvalue weighted by Crippen LogP contribution is 2.20. The second-order valence-corrected chi connectivity index (χ2v) is 19.1. The SMILES string of the molecule is CC(C)(C)OC(=O)CN1CCN(CC(=O)OC(C)(C)C)CCN(CC(=O)OC(C)(C)C)CC(Cc2ccc(OCCCN)cc2)CN(CC(=O)OC(C)(C)C)CC1. The minimum absolute atomic E-state index is 0.0335. The summed E-state index contributed by atoms with van der Waals surface area (Å²) in [7, 11) is 0. The first-order valence-corrected chi connectivity index (χ1v) is 20.5. The van der Waals surface area contributed by atoms with Crippen LogP contribution in [0, 0.1) is 5.92 Å². The van der Waals surface area contributed by atoms with Crippen LogP contribution in [0.5, 0.6) is 5.75 Å². The molecule has 0 aromatic heterocycles. The fraction of sp³-hybridized carbons (Fsp3) is 0.767. The Hall–Kier alpha value is -3.30. The number of nitrogens with two attached hydrogens (primary N) is 1. The third-order valence-corrected chi connectivity index (χ3v) is 8.39. The predicted molar refractivity (Wildman–Crippen MR) is 222 cm³/mol. The summed E-state index contributed by atoms with van der Waals surface area (Å²) >= 11 is 0. The quantitative estimate of drug-likeness (QED) is 0.163. The van der Waals surface area contributed by atoms with E-state index in [0.717, 1.165) is 17.7 Å². The highest BCUT2D eigenvalue weighted by Gasteiger charge is 2.29. The number of carbonyl (C=O) groups excluding carboxylic acids is 4. The molecule has 1 saturated heterocycles. The number of rotatable bonds is 14. The van der Waals surface area contributed by atoms with E-state index < -0.39 is 22.4 Å². The molecular formula is C43H75N5O9. The minimum Gasteiger partial charge on any atom is -0.494 e. The molecule has 1 aliphatic rings. The van der Waals surface area contributed by atoms with Gasteiger partial charge in [-0.15, -0.1) is 0 Å².